The Bertz CT molecular complexity index is 976. The van der Waals surface area contributed by atoms with Gasteiger partial charge in [0.2, 0.25) is 0 Å². The van der Waals surface area contributed by atoms with Crippen LogP contribution in [0.4, 0.5) is 23.9 Å². The molecule has 1 aromatic heterocycles. The van der Waals surface area contributed by atoms with Crippen molar-refractivity contribution in [3.05, 3.63) is 44.8 Å². The highest BCUT2D eigenvalue weighted by Gasteiger charge is 2.33. The minimum absolute atomic E-state index is 0.0789. The predicted molar refractivity (Wildman–Crippen MR) is 122 cm³/mol. The molecule has 0 spiro atoms. The Labute approximate surface area is 193 Å². The molecule has 2 N–H and O–H groups in total. The smallest absolute Gasteiger partial charge is 0.417 e. The highest BCUT2D eigenvalue weighted by molar-refractivity contribution is 7.80. The number of esters is 1. The van der Waals surface area contributed by atoms with E-state index in [1.807, 2.05) is 0 Å². The number of fused-ring (bicyclic) bond motifs is 1. The van der Waals surface area contributed by atoms with Crippen molar-refractivity contribution in [2.75, 3.05) is 17.2 Å². The number of rotatable bonds is 4. The van der Waals surface area contributed by atoms with Crippen molar-refractivity contribution in [1.29, 1.82) is 0 Å². The van der Waals surface area contributed by atoms with Gasteiger partial charge in [0.1, 0.15) is 5.00 Å². The zero-order valence-electron chi connectivity index (χ0n) is 16.8. The van der Waals surface area contributed by atoms with E-state index in [4.69, 9.17) is 28.6 Å². The van der Waals surface area contributed by atoms with Crippen molar-refractivity contribution in [1.82, 2.24) is 0 Å². The number of aryl methyl sites for hydroxylation is 1. The Morgan fingerprint density at radius 3 is 2.58 bits per heavy atom. The van der Waals surface area contributed by atoms with E-state index in [9.17, 15) is 18.0 Å². The van der Waals surface area contributed by atoms with Gasteiger partial charge >= 0.3 is 12.1 Å². The van der Waals surface area contributed by atoms with Crippen LogP contribution in [-0.2, 0) is 23.8 Å². The van der Waals surface area contributed by atoms with E-state index in [-0.39, 0.29) is 22.4 Å². The third-order valence-corrected chi connectivity index (χ3v) is 6.65. The van der Waals surface area contributed by atoms with Gasteiger partial charge in [-0.1, -0.05) is 24.4 Å². The maximum atomic E-state index is 13.1. The van der Waals surface area contributed by atoms with Gasteiger partial charge < -0.3 is 15.4 Å². The number of nitrogens with one attached hydrogen (secondary N) is 2. The molecule has 0 atom stereocenters. The van der Waals surface area contributed by atoms with Crippen LogP contribution < -0.4 is 10.6 Å². The molecule has 0 amide bonds. The summed E-state index contributed by atoms with van der Waals surface area (Å²) in [6.45, 7) is 1.99. The van der Waals surface area contributed by atoms with E-state index in [0.717, 1.165) is 61.1 Å². The molecule has 0 fully saturated rings. The third kappa shape index (κ3) is 5.90. The second-order valence-corrected chi connectivity index (χ2v) is 9.03. The fraction of sp³-hybridized carbons (Fsp3) is 0.429. The van der Waals surface area contributed by atoms with Crippen LogP contribution in [0.1, 0.15) is 59.0 Å². The van der Waals surface area contributed by atoms with Crippen LogP contribution in [0.3, 0.4) is 0 Å². The van der Waals surface area contributed by atoms with Crippen LogP contribution in [-0.4, -0.2) is 17.7 Å². The monoisotopic (exact) mass is 490 g/mol. The van der Waals surface area contributed by atoms with E-state index in [1.54, 1.807) is 6.92 Å². The van der Waals surface area contributed by atoms with Gasteiger partial charge in [0.15, 0.2) is 5.11 Å². The molecule has 0 saturated heterocycles. The maximum absolute atomic E-state index is 13.1. The lowest BCUT2D eigenvalue weighted by Crippen LogP contribution is -2.21. The first-order valence-electron chi connectivity index (χ1n) is 9.97. The second-order valence-electron chi connectivity index (χ2n) is 7.11. The lowest BCUT2D eigenvalue weighted by molar-refractivity contribution is -0.137. The summed E-state index contributed by atoms with van der Waals surface area (Å²) in [5.41, 5.74) is 0.648. The quantitative estimate of drug-likeness (QED) is 0.354. The first-order valence-corrected chi connectivity index (χ1v) is 11.6. The van der Waals surface area contributed by atoms with Crippen LogP contribution in [0.25, 0.3) is 0 Å². The second kappa shape index (κ2) is 10.2. The van der Waals surface area contributed by atoms with Gasteiger partial charge in [-0.15, -0.1) is 11.3 Å². The molecule has 1 aliphatic carbocycles. The molecule has 0 saturated carbocycles. The summed E-state index contributed by atoms with van der Waals surface area (Å²) in [6.07, 6.45) is 1.37. The van der Waals surface area contributed by atoms with Crippen LogP contribution in [0.5, 0.6) is 0 Å². The standard InChI is InChI=1S/C21H22ClF3N2O2S2/c1-2-29-19(28)17-13-7-5-3-4-6-8-16(13)31-18(17)27-20(30)26-12-9-10-15(22)14(11-12)21(23,24)25/h9-11H,2-8H2,1H3,(H2,26,27,30). The maximum Gasteiger partial charge on any atom is 0.417 e. The normalized spacial score (nSPS) is 14.2. The fourth-order valence-electron chi connectivity index (χ4n) is 3.51. The molecule has 1 aliphatic rings. The molecule has 1 aromatic carbocycles. The molecular formula is C21H22ClF3N2O2S2. The Balaban J connectivity index is 1.85. The molecule has 31 heavy (non-hydrogen) atoms. The van der Waals surface area contributed by atoms with Crippen LogP contribution in [0.15, 0.2) is 18.2 Å². The molecule has 0 bridgehead atoms. The van der Waals surface area contributed by atoms with E-state index < -0.39 is 17.7 Å². The number of carbonyl (C=O) groups excluding carboxylic acids is 1. The first kappa shape index (κ1) is 23.8. The van der Waals surface area contributed by atoms with Crippen LogP contribution in [0, 0.1) is 0 Å². The molecule has 3 rings (SSSR count). The van der Waals surface area contributed by atoms with Crippen LogP contribution in [0.2, 0.25) is 5.02 Å². The van der Waals surface area contributed by atoms with Crippen molar-refractivity contribution in [3.63, 3.8) is 0 Å². The van der Waals surface area contributed by atoms with Gasteiger partial charge in [-0.25, -0.2) is 4.79 Å². The Kier molecular flexibility index (Phi) is 7.82. The summed E-state index contributed by atoms with van der Waals surface area (Å²) in [5.74, 6) is -0.420. The van der Waals surface area contributed by atoms with Crippen LogP contribution >= 0.6 is 35.2 Å². The highest BCUT2D eigenvalue weighted by Crippen LogP contribution is 2.38. The average molecular weight is 491 g/mol. The van der Waals surface area contributed by atoms with E-state index in [0.29, 0.717) is 10.6 Å². The minimum atomic E-state index is -4.58. The number of thiocarbonyl (C=S) groups is 1. The molecule has 0 unspecified atom stereocenters. The minimum Gasteiger partial charge on any atom is -0.462 e. The summed E-state index contributed by atoms with van der Waals surface area (Å²) in [4.78, 5) is 13.8. The summed E-state index contributed by atoms with van der Waals surface area (Å²) < 4.78 is 44.6. The average Bonchev–Trinajstić information content (AvgIpc) is 2.98. The zero-order chi connectivity index (χ0) is 22.6. The molecule has 0 radical (unpaired) electrons. The predicted octanol–water partition coefficient (Wildman–Crippen LogP) is 7.06. The molecule has 4 nitrogen and oxygen atoms in total. The molecular weight excluding hydrogens is 469 g/mol. The van der Waals surface area contributed by atoms with Gasteiger partial charge in [0.25, 0.3) is 0 Å². The summed E-state index contributed by atoms with van der Waals surface area (Å²) in [5, 5.41) is 5.98. The van der Waals surface area contributed by atoms with Crippen molar-refractivity contribution >= 4 is 56.9 Å². The third-order valence-electron chi connectivity index (χ3n) is 4.91. The van der Waals surface area contributed by atoms with Gasteiger partial charge in [-0.2, -0.15) is 13.2 Å². The molecule has 2 aromatic rings. The number of halogens is 4. The molecule has 168 valence electrons. The van der Waals surface area contributed by atoms with Crippen molar-refractivity contribution < 1.29 is 22.7 Å². The topological polar surface area (TPSA) is 50.4 Å². The summed E-state index contributed by atoms with van der Waals surface area (Å²) in [7, 11) is 0. The van der Waals surface area contributed by atoms with Crippen molar-refractivity contribution in [2.45, 2.75) is 51.6 Å². The number of carbonyl (C=O) groups is 1. The van der Waals surface area contributed by atoms with Gasteiger partial charge in [0.05, 0.1) is 22.8 Å². The number of hydrogen-bond donors (Lipinski definition) is 2. The number of alkyl halides is 3. The number of thiophene rings is 1. The molecule has 1 heterocycles. The summed E-state index contributed by atoms with van der Waals surface area (Å²) >= 11 is 12.4. The largest absolute Gasteiger partial charge is 0.462 e. The van der Waals surface area contributed by atoms with Gasteiger partial charge in [0, 0.05) is 10.6 Å². The molecule has 0 aliphatic heterocycles. The Morgan fingerprint density at radius 1 is 1.19 bits per heavy atom. The van der Waals surface area contributed by atoms with Crippen molar-refractivity contribution in [3.8, 4) is 0 Å². The van der Waals surface area contributed by atoms with Gasteiger partial charge in [-0.3, -0.25) is 0 Å². The number of benzene rings is 1. The fourth-order valence-corrected chi connectivity index (χ4v) is 5.30. The number of anilines is 2. The van der Waals surface area contributed by atoms with E-state index in [2.05, 4.69) is 10.6 Å². The SMILES string of the molecule is CCOC(=O)c1c(NC(=S)Nc2ccc(Cl)c(C(F)(F)F)c2)sc2c1CCCCCC2. The van der Waals surface area contributed by atoms with E-state index >= 15 is 0 Å². The van der Waals surface area contributed by atoms with E-state index in [1.165, 1.54) is 17.4 Å². The Morgan fingerprint density at radius 2 is 1.90 bits per heavy atom. The number of ether oxygens (including phenoxy) is 1. The number of hydrogen-bond acceptors (Lipinski definition) is 4. The van der Waals surface area contributed by atoms with Crippen molar-refractivity contribution in [2.24, 2.45) is 0 Å². The zero-order valence-corrected chi connectivity index (χ0v) is 19.2. The van der Waals surface area contributed by atoms with Gasteiger partial charge in [-0.05, 0) is 68.6 Å². The summed E-state index contributed by atoms with van der Waals surface area (Å²) in [6, 6.07) is 3.47. The lowest BCUT2D eigenvalue weighted by atomic mass is 9.96. The Hall–Kier alpha value is -1.84. The highest BCUT2D eigenvalue weighted by atomic mass is 35.5. The first-order chi connectivity index (χ1) is 14.7. The lowest BCUT2D eigenvalue weighted by Gasteiger charge is -2.14. The molecule has 10 heteroatoms.